The predicted molar refractivity (Wildman–Crippen MR) is 106 cm³/mol. The largest absolute Gasteiger partial charge is 0.660 e. The minimum Gasteiger partial charge on any atom is -0.660 e. The molecule has 0 atom stereocenters. The van der Waals surface area contributed by atoms with Crippen molar-refractivity contribution in [2.75, 3.05) is 0 Å². The summed E-state index contributed by atoms with van der Waals surface area (Å²) >= 11 is 3.27. The number of aromatic nitrogens is 4. The lowest BCUT2D eigenvalue weighted by Gasteiger charge is -2.06. The summed E-state index contributed by atoms with van der Waals surface area (Å²) in [6, 6.07) is 14.3. The first kappa shape index (κ1) is 18.1. The van der Waals surface area contributed by atoms with Crippen LogP contribution in [0.2, 0.25) is 0 Å². The fourth-order valence-electron chi connectivity index (χ4n) is 3.16. The van der Waals surface area contributed by atoms with Gasteiger partial charge in [0, 0.05) is 7.05 Å². The fraction of sp³-hybridized carbons (Fsp3) is 0.105. The predicted octanol–water partition coefficient (Wildman–Crippen LogP) is 3.57. The molecule has 0 radical (unpaired) electrons. The van der Waals surface area contributed by atoms with Gasteiger partial charge in [-0.1, -0.05) is 24.3 Å². The van der Waals surface area contributed by atoms with Crippen LogP contribution < -0.4 is 10.2 Å². The molecule has 2 N–H and O–H groups in total. The van der Waals surface area contributed by atoms with E-state index in [9.17, 15) is 9.90 Å². The van der Waals surface area contributed by atoms with Crippen LogP contribution in [0.25, 0.3) is 28.4 Å². The van der Waals surface area contributed by atoms with Gasteiger partial charge in [-0.2, -0.15) is 0 Å². The van der Waals surface area contributed by atoms with Crippen LogP contribution in [0.1, 0.15) is 5.69 Å². The number of aromatic hydroxyl groups is 1. The Balaban J connectivity index is 2.01. The van der Waals surface area contributed by atoms with Gasteiger partial charge >= 0.3 is 11.2 Å². The van der Waals surface area contributed by atoms with Crippen LogP contribution in [0.15, 0.2) is 62.3 Å². The quantitative estimate of drug-likeness (QED) is 0.490. The first-order valence-electron chi connectivity index (χ1n) is 8.37. The Bertz CT molecular complexity index is 1240. The Morgan fingerprint density at radius 2 is 1.89 bits per heavy atom. The normalized spacial score (nSPS) is 11.1. The van der Waals surface area contributed by atoms with Gasteiger partial charge in [0.05, 0.1) is 15.7 Å². The van der Waals surface area contributed by atoms with Crippen molar-refractivity contribution >= 4 is 21.8 Å². The van der Waals surface area contributed by atoms with E-state index < -0.39 is 0 Å². The number of nitrogens with one attached hydrogen (secondary N) is 1. The second-order valence-corrected chi connectivity index (χ2v) is 7.06. The highest BCUT2D eigenvalue weighted by molar-refractivity contribution is 9.10. The van der Waals surface area contributed by atoms with Crippen molar-refractivity contribution in [2.24, 2.45) is 7.05 Å². The van der Waals surface area contributed by atoms with Gasteiger partial charge in [0.2, 0.25) is 5.27 Å². The fourth-order valence-corrected chi connectivity index (χ4v) is 3.52. The van der Waals surface area contributed by atoms with Gasteiger partial charge in [0.25, 0.3) is 5.69 Å². The second-order valence-electron chi connectivity index (χ2n) is 6.21. The highest BCUT2D eigenvalue weighted by Crippen LogP contribution is 2.37. The Morgan fingerprint density at radius 1 is 1.18 bits per heavy atom. The van der Waals surface area contributed by atoms with Crippen LogP contribution in [-0.4, -0.2) is 19.7 Å². The highest BCUT2D eigenvalue weighted by Gasteiger charge is 2.33. The average Bonchev–Trinajstić information content (AvgIpc) is 3.15. The van der Waals surface area contributed by atoms with Crippen LogP contribution in [-0.2, 0) is 7.05 Å². The smallest absolute Gasteiger partial charge is 0.346 e. The van der Waals surface area contributed by atoms with Crippen molar-refractivity contribution in [3.05, 3.63) is 74.8 Å². The molecule has 2 aromatic heterocycles. The summed E-state index contributed by atoms with van der Waals surface area (Å²) in [5.74, 6) is -0.327. The molecule has 0 aliphatic heterocycles. The summed E-state index contributed by atoms with van der Waals surface area (Å²) in [6.07, 6.45) is 0. The van der Waals surface area contributed by atoms with Gasteiger partial charge in [-0.3, -0.25) is 9.48 Å². The summed E-state index contributed by atoms with van der Waals surface area (Å²) in [7, 11) is 1.77. The Labute approximate surface area is 168 Å². The van der Waals surface area contributed by atoms with E-state index in [-0.39, 0.29) is 28.6 Å². The molecule has 0 bridgehead atoms. The van der Waals surface area contributed by atoms with Crippen molar-refractivity contribution in [1.29, 1.82) is 0 Å². The first-order valence-corrected chi connectivity index (χ1v) is 9.17. The van der Waals surface area contributed by atoms with Gasteiger partial charge in [0.1, 0.15) is 17.3 Å². The van der Waals surface area contributed by atoms with Crippen molar-refractivity contribution in [3.8, 4) is 28.4 Å². The Hall–Kier alpha value is -3.33. The number of benzene rings is 2. The maximum atomic E-state index is 13.3. The van der Waals surface area contributed by atoms with Crippen molar-refractivity contribution in [3.63, 3.8) is 0 Å². The van der Waals surface area contributed by atoms with E-state index in [0.717, 1.165) is 0 Å². The van der Waals surface area contributed by atoms with E-state index in [0.29, 0.717) is 21.4 Å². The number of rotatable bonds is 3. The van der Waals surface area contributed by atoms with E-state index in [4.69, 9.17) is 10.3 Å². The summed E-state index contributed by atoms with van der Waals surface area (Å²) in [4.78, 5) is 13.3. The lowest BCUT2D eigenvalue weighted by atomic mass is 10.1. The van der Waals surface area contributed by atoms with Crippen LogP contribution in [0.4, 0.5) is 5.88 Å². The molecule has 0 saturated carbocycles. The zero-order chi connectivity index (χ0) is 20.0. The molecule has 2 heterocycles. The summed E-state index contributed by atoms with van der Waals surface area (Å²) in [5.41, 5.74) is 9.88. The van der Waals surface area contributed by atoms with E-state index in [1.165, 1.54) is 9.36 Å². The molecule has 0 fully saturated rings. The third-order valence-corrected chi connectivity index (χ3v) is 5.26. The van der Waals surface area contributed by atoms with E-state index in [2.05, 4.69) is 21.2 Å². The molecule has 0 spiro atoms. The van der Waals surface area contributed by atoms with E-state index in [1.54, 1.807) is 36.9 Å². The van der Waals surface area contributed by atoms with Gasteiger partial charge in [-0.05, 0) is 51.8 Å². The molecule has 142 valence electrons. The summed E-state index contributed by atoms with van der Waals surface area (Å²) in [6.45, 7) is 1.78. The molecule has 0 amide bonds. The zero-order valence-corrected chi connectivity index (χ0v) is 16.6. The van der Waals surface area contributed by atoms with Crippen LogP contribution >= 0.6 is 15.9 Å². The zero-order valence-electron chi connectivity index (χ0n) is 15.0. The molecule has 0 saturated heterocycles. The molecule has 8 nitrogen and oxygen atoms in total. The minimum atomic E-state index is -0.319. The molecular formula is C19H16BrN5O3. The maximum Gasteiger partial charge on any atom is 0.346 e. The number of para-hydroxylation sites is 2. The van der Waals surface area contributed by atoms with Crippen LogP contribution in [0.5, 0.6) is 5.75 Å². The Kier molecular flexibility index (Phi) is 4.31. The van der Waals surface area contributed by atoms with Crippen molar-refractivity contribution < 1.29 is 14.3 Å². The third kappa shape index (κ3) is 2.63. The topological polar surface area (TPSA) is 101 Å². The SMILES string of the molecule is Cc1c(-[n+]2noc([NH-])c2-c2cccc(Br)c2O)c(=O)n(-c2ccccc2)n1C. The average molecular weight is 442 g/mol. The molecule has 28 heavy (non-hydrogen) atoms. The number of nitrogens with zero attached hydrogens (tertiary/aromatic N) is 4. The highest BCUT2D eigenvalue weighted by atomic mass is 79.9. The van der Waals surface area contributed by atoms with Crippen molar-refractivity contribution in [1.82, 2.24) is 14.6 Å². The second kappa shape index (κ2) is 6.68. The monoisotopic (exact) mass is 441 g/mol. The third-order valence-electron chi connectivity index (χ3n) is 4.62. The van der Waals surface area contributed by atoms with Crippen LogP contribution in [0.3, 0.4) is 0 Å². The lowest BCUT2D eigenvalue weighted by Crippen LogP contribution is -2.40. The molecule has 2 aromatic carbocycles. The Morgan fingerprint density at radius 3 is 2.61 bits per heavy atom. The number of phenolic OH excluding ortho intramolecular Hbond substituents is 1. The minimum absolute atomic E-state index is 0.0649. The molecule has 0 aliphatic carbocycles. The molecule has 0 aliphatic rings. The molecular weight excluding hydrogens is 426 g/mol. The van der Waals surface area contributed by atoms with E-state index in [1.807, 2.05) is 30.3 Å². The summed E-state index contributed by atoms with van der Waals surface area (Å²) in [5, 5.41) is 14.3. The number of phenols is 1. The van der Waals surface area contributed by atoms with Gasteiger partial charge < -0.3 is 15.4 Å². The van der Waals surface area contributed by atoms with Crippen molar-refractivity contribution in [2.45, 2.75) is 6.92 Å². The number of halogens is 1. The van der Waals surface area contributed by atoms with Gasteiger partial charge in [0.15, 0.2) is 0 Å². The molecule has 4 rings (SSSR count). The standard InChI is InChI=1S/C19H15BrN5O3/c1-11-15(19(27)25(23(11)2)12-7-4-3-5-8-12)24-16(18(21)28-22-24)13-9-6-10-14(20)17(13)26/h3-10,21H,1-2H3/q-1/p+1. The summed E-state index contributed by atoms with van der Waals surface area (Å²) < 4.78 is 10.0. The lowest BCUT2D eigenvalue weighted by molar-refractivity contribution is -0.661. The number of hydrogen-bond acceptors (Lipinski definition) is 4. The van der Waals surface area contributed by atoms with Gasteiger partial charge in [-0.25, -0.2) is 4.68 Å². The maximum absolute atomic E-state index is 13.3. The van der Waals surface area contributed by atoms with Gasteiger partial charge in [-0.15, -0.1) is 0 Å². The van der Waals surface area contributed by atoms with E-state index >= 15 is 0 Å². The molecule has 4 aromatic rings. The number of hydrogen-bond donors (Lipinski definition) is 1. The molecule has 9 heteroatoms. The first-order chi connectivity index (χ1) is 13.4. The van der Waals surface area contributed by atoms with Crippen LogP contribution in [0, 0.1) is 6.92 Å². The molecule has 0 unspecified atom stereocenters.